The van der Waals surface area contributed by atoms with Gasteiger partial charge < -0.3 is 19.7 Å². The monoisotopic (exact) mass is 312 g/mol. The van der Waals surface area contributed by atoms with Gasteiger partial charge in [-0.15, -0.1) is 0 Å². The van der Waals surface area contributed by atoms with Crippen molar-refractivity contribution in [3.05, 3.63) is 6.07 Å². The zero-order valence-corrected chi connectivity index (χ0v) is 13.3. The highest BCUT2D eigenvalue weighted by molar-refractivity contribution is 5.87. The molecular weight excluding hydrogens is 288 g/mol. The van der Waals surface area contributed by atoms with Gasteiger partial charge in [0, 0.05) is 25.8 Å². The fraction of sp³-hybridized carbons (Fsp3) is 0.667. The highest BCUT2D eigenvalue weighted by atomic mass is 16.6. The maximum absolute atomic E-state index is 11.7. The molecule has 1 fully saturated rings. The fourth-order valence-corrected chi connectivity index (χ4v) is 2.40. The molecule has 1 amide bonds. The van der Waals surface area contributed by atoms with E-state index < -0.39 is 11.7 Å². The number of nitrogens with zero attached hydrogens (tertiary/aromatic N) is 1. The molecule has 1 aromatic heterocycles. The third-order valence-electron chi connectivity index (χ3n) is 3.46. The first-order chi connectivity index (χ1) is 10.3. The largest absolute Gasteiger partial charge is 0.494 e. The van der Waals surface area contributed by atoms with Crippen LogP contribution in [-0.4, -0.2) is 39.7 Å². The number of aromatic nitrogens is 1. The van der Waals surface area contributed by atoms with Crippen LogP contribution in [0.3, 0.4) is 0 Å². The molecule has 0 aromatic carbocycles. The van der Waals surface area contributed by atoms with Crippen LogP contribution in [0.25, 0.3) is 0 Å². The second-order valence-corrected chi connectivity index (χ2v) is 6.53. The number of nitrogens with one attached hydrogen (secondary N) is 1. The Balaban J connectivity index is 2.04. The normalized spacial score (nSPS) is 16.5. The number of ether oxygens (including phenoxy) is 2. The van der Waals surface area contributed by atoms with Crippen LogP contribution in [0.5, 0.6) is 11.8 Å². The third kappa shape index (κ3) is 4.30. The molecule has 0 saturated carbocycles. The Morgan fingerprint density at radius 3 is 2.64 bits per heavy atom. The van der Waals surface area contributed by atoms with E-state index in [-0.39, 0.29) is 17.4 Å². The van der Waals surface area contributed by atoms with Crippen LogP contribution in [0.15, 0.2) is 6.07 Å². The summed E-state index contributed by atoms with van der Waals surface area (Å²) in [6.07, 6.45) is 1.09. The molecule has 0 spiro atoms. The van der Waals surface area contributed by atoms with Crippen molar-refractivity contribution in [2.75, 3.05) is 18.5 Å². The van der Waals surface area contributed by atoms with Crippen LogP contribution >= 0.6 is 0 Å². The van der Waals surface area contributed by atoms with Crippen LogP contribution in [0.4, 0.5) is 10.5 Å². The molecule has 0 radical (unpaired) electrons. The van der Waals surface area contributed by atoms with Crippen molar-refractivity contribution >= 4 is 11.8 Å². The predicted molar refractivity (Wildman–Crippen MR) is 81.2 cm³/mol. The molecule has 7 heteroatoms. The molecule has 1 saturated heterocycles. The summed E-state index contributed by atoms with van der Waals surface area (Å²) in [7, 11) is 0. The van der Waals surface area contributed by atoms with Gasteiger partial charge in [0.2, 0.25) is 5.88 Å². The van der Waals surface area contributed by atoms with E-state index in [9.17, 15) is 15.0 Å². The van der Waals surface area contributed by atoms with Gasteiger partial charge in [-0.05, 0) is 39.5 Å². The molecular formula is C15H24N2O5. The first kappa shape index (κ1) is 16.5. The molecule has 0 atom stereocenters. The van der Waals surface area contributed by atoms with Gasteiger partial charge in [-0.1, -0.05) is 0 Å². The quantitative estimate of drug-likeness (QED) is 0.798. The molecule has 22 heavy (non-hydrogen) atoms. The highest BCUT2D eigenvalue weighted by Gasteiger charge is 2.22. The molecule has 2 rings (SSSR count). The Bertz CT molecular complexity index is 527. The zero-order valence-electron chi connectivity index (χ0n) is 13.3. The number of rotatable bonds is 3. The fourth-order valence-electron chi connectivity index (χ4n) is 2.40. The number of carbonyl (C=O) groups excluding carboxylic acids is 1. The lowest BCUT2D eigenvalue weighted by atomic mass is 10.0. The van der Waals surface area contributed by atoms with Gasteiger partial charge in [0.1, 0.15) is 11.3 Å². The van der Waals surface area contributed by atoms with Crippen molar-refractivity contribution in [1.82, 2.24) is 4.57 Å². The Morgan fingerprint density at radius 1 is 1.41 bits per heavy atom. The van der Waals surface area contributed by atoms with E-state index in [1.165, 1.54) is 10.6 Å². The van der Waals surface area contributed by atoms with Crippen LogP contribution < -0.4 is 5.32 Å². The van der Waals surface area contributed by atoms with E-state index in [0.717, 1.165) is 12.8 Å². The van der Waals surface area contributed by atoms with E-state index in [1.807, 2.05) is 0 Å². The molecule has 1 aliphatic heterocycles. The molecule has 7 nitrogen and oxygen atoms in total. The summed E-state index contributed by atoms with van der Waals surface area (Å²) in [6.45, 7) is 7.12. The van der Waals surface area contributed by atoms with Crippen molar-refractivity contribution in [1.29, 1.82) is 0 Å². The Kier molecular flexibility index (Phi) is 4.85. The summed E-state index contributed by atoms with van der Waals surface area (Å²) < 4.78 is 11.8. The summed E-state index contributed by atoms with van der Waals surface area (Å²) >= 11 is 0. The molecule has 1 aromatic rings. The second kappa shape index (κ2) is 6.48. The number of aromatic hydroxyl groups is 2. The minimum Gasteiger partial charge on any atom is -0.494 e. The first-order valence-electron chi connectivity index (χ1n) is 7.45. The van der Waals surface area contributed by atoms with E-state index in [1.54, 1.807) is 20.8 Å². The van der Waals surface area contributed by atoms with E-state index >= 15 is 0 Å². The van der Waals surface area contributed by atoms with Gasteiger partial charge in [0.05, 0.1) is 0 Å². The maximum atomic E-state index is 11.7. The Labute approximate surface area is 129 Å². The van der Waals surface area contributed by atoms with Crippen molar-refractivity contribution in [3.8, 4) is 11.8 Å². The van der Waals surface area contributed by atoms with Crippen molar-refractivity contribution in [2.45, 2.75) is 45.8 Å². The third-order valence-corrected chi connectivity index (χ3v) is 3.46. The van der Waals surface area contributed by atoms with Crippen LogP contribution in [-0.2, 0) is 16.0 Å². The highest BCUT2D eigenvalue weighted by Crippen LogP contribution is 2.34. The number of anilines is 1. The minimum absolute atomic E-state index is 0.0879. The van der Waals surface area contributed by atoms with E-state index in [0.29, 0.717) is 25.7 Å². The lowest BCUT2D eigenvalue weighted by molar-refractivity contribution is 0.0598. The van der Waals surface area contributed by atoms with Crippen LogP contribution in [0.2, 0.25) is 0 Å². The van der Waals surface area contributed by atoms with Crippen LogP contribution in [0.1, 0.15) is 33.6 Å². The lowest BCUT2D eigenvalue weighted by Crippen LogP contribution is -2.27. The van der Waals surface area contributed by atoms with Gasteiger partial charge in [-0.25, -0.2) is 4.79 Å². The van der Waals surface area contributed by atoms with E-state index in [4.69, 9.17) is 9.47 Å². The Morgan fingerprint density at radius 2 is 2.05 bits per heavy atom. The average Bonchev–Trinajstić information content (AvgIpc) is 2.65. The Hall–Kier alpha value is -1.89. The van der Waals surface area contributed by atoms with Gasteiger partial charge >= 0.3 is 6.09 Å². The van der Waals surface area contributed by atoms with Gasteiger partial charge in [0.25, 0.3) is 0 Å². The standard InChI is InChI=1S/C15H24N2O5/c1-15(2,3)22-14(20)16-11-8-12(18)17(13(11)19)9-10-4-6-21-7-5-10/h8,10,18-19H,4-7,9H2,1-3H3,(H,16,20). The topological polar surface area (TPSA) is 93.0 Å². The number of carbonyl (C=O) groups is 1. The summed E-state index contributed by atoms with van der Waals surface area (Å²) in [5, 5.41) is 22.6. The molecule has 0 bridgehead atoms. The molecule has 0 unspecified atom stereocenters. The SMILES string of the molecule is CC(C)(C)OC(=O)Nc1cc(O)n(CC2CCOCC2)c1O. The lowest BCUT2D eigenvalue weighted by Gasteiger charge is -2.23. The minimum atomic E-state index is -0.675. The molecule has 0 aliphatic carbocycles. The number of hydrogen-bond acceptors (Lipinski definition) is 5. The van der Waals surface area contributed by atoms with Gasteiger partial charge in [0.15, 0.2) is 5.88 Å². The summed E-state index contributed by atoms with van der Waals surface area (Å²) in [4.78, 5) is 11.7. The van der Waals surface area contributed by atoms with Crippen molar-refractivity contribution in [3.63, 3.8) is 0 Å². The predicted octanol–water partition coefficient (Wildman–Crippen LogP) is 2.67. The second-order valence-electron chi connectivity index (χ2n) is 6.53. The molecule has 3 N–H and O–H groups in total. The smallest absolute Gasteiger partial charge is 0.412 e. The van der Waals surface area contributed by atoms with Crippen molar-refractivity contribution in [2.24, 2.45) is 5.92 Å². The van der Waals surface area contributed by atoms with Gasteiger partial charge in [-0.2, -0.15) is 0 Å². The number of hydrogen-bond donors (Lipinski definition) is 3. The summed E-state index contributed by atoms with van der Waals surface area (Å²) in [5.41, 5.74) is -0.495. The summed E-state index contributed by atoms with van der Waals surface area (Å²) in [5.74, 6) is 0.0669. The zero-order chi connectivity index (χ0) is 16.3. The van der Waals surface area contributed by atoms with Crippen molar-refractivity contribution < 1.29 is 24.5 Å². The molecule has 1 aliphatic rings. The first-order valence-corrected chi connectivity index (χ1v) is 7.45. The number of amides is 1. The molecule has 124 valence electrons. The molecule has 2 heterocycles. The van der Waals surface area contributed by atoms with E-state index in [2.05, 4.69) is 5.32 Å². The van der Waals surface area contributed by atoms with Crippen LogP contribution in [0, 0.1) is 5.92 Å². The average molecular weight is 312 g/mol. The van der Waals surface area contributed by atoms with Gasteiger partial charge in [-0.3, -0.25) is 9.88 Å². The summed E-state index contributed by atoms with van der Waals surface area (Å²) in [6, 6.07) is 1.32. The maximum Gasteiger partial charge on any atom is 0.412 e.